The monoisotopic (exact) mass is 399 g/mol. The predicted octanol–water partition coefficient (Wildman–Crippen LogP) is 2.34. The smallest absolute Gasteiger partial charge is 0.315 e. The van der Waals surface area contributed by atoms with Gasteiger partial charge in [0.25, 0.3) is 5.91 Å². The van der Waals surface area contributed by atoms with Crippen LogP contribution >= 0.6 is 0 Å². The van der Waals surface area contributed by atoms with Gasteiger partial charge in [-0.3, -0.25) is 14.9 Å². The van der Waals surface area contributed by atoms with E-state index >= 15 is 0 Å². The second-order valence-electron chi connectivity index (χ2n) is 5.84. The van der Waals surface area contributed by atoms with E-state index in [1.54, 1.807) is 30.3 Å². The van der Waals surface area contributed by atoms with Crippen molar-refractivity contribution < 1.29 is 29.8 Å². The molecule has 10 heteroatoms. The van der Waals surface area contributed by atoms with Crippen molar-refractivity contribution in [1.82, 2.24) is 4.90 Å². The number of nitro groups is 1. The zero-order valence-corrected chi connectivity index (χ0v) is 15.3. The highest BCUT2D eigenvalue weighted by molar-refractivity contribution is 6.03. The van der Waals surface area contributed by atoms with Gasteiger partial charge in [0.1, 0.15) is 24.2 Å². The lowest BCUT2D eigenvalue weighted by molar-refractivity contribution is -0.386. The molecular weight excluding hydrogens is 382 g/mol. The van der Waals surface area contributed by atoms with Crippen LogP contribution in [0.4, 0.5) is 5.69 Å². The van der Waals surface area contributed by atoms with Gasteiger partial charge in [0.2, 0.25) is 5.75 Å². The van der Waals surface area contributed by atoms with E-state index in [2.05, 4.69) is 0 Å². The first-order chi connectivity index (χ1) is 13.8. The van der Waals surface area contributed by atoms with E-state index in [1.165, 1.54) is 7.05 Å². The molecule has 0 saturated heterocycles. The molecule has 0 aliphatic heterocycles. The summed E-state index contributed by atoms with van der Waals surface area (Å²) in [7, 11) is 1.39. The van der Waals surface area contributed by atoms with Crippen LogP contribution in [-0.2, 0) is 4.79 Å². The average Bonchev–Trinajstić information content (AvgIpc) is 2.70. The highest BCUT2D eigenvalue weighted by Crippen LogP contribution is 2.38. The Morgan fingerprint density at radius 3 is 2.52 bits per heavy atom. The molecule has 2 rings (SSSR count). The lowest BCUT2D eigenvalue weighted by Crippen LogP contribution is -2.32. The Morgan fingerprint density at radius 1 is 1.28 bits per heavy atom. The fourth-order valence-corrected chi connectivity index (χ4v) is 2.34. The number of aliphatic hydroxyl groups excluding tert-OH is 1. The summed E-state index contributed by atoms with van der Waals surface area (Å²) in [5.41, 5.74) is -1.95. The third kappa shape index (κ3) is 4.92. The number of rotatable bonds is 7. The number of carbonyl (C=O) groups excluding carboxylic acids is 1. The molecule has 2 aromatic rings. The van der Waals surface area contributed by atoms with Crippen molar-refractivity contribution in [3.05, 3.63) is 63.7 Å². The lowest BCUT2D eigenvalue weighted by Gasteiger charge is -2.17. The van der Waals surface area contributed by atoms with Gasteiger partial charge in [-0.25, -0.2) is 0 Å². The summed E-state index contributed by atoms with van der Waals surface area (Å²) in [6.45, 7) is 0.213. The van der Waals surface area contributed by atoms with Gasteiger partial charge in [-0.05, 0) is 18.2 Å². The second kappa shape index (κ2) is 9.09. The molecular formula is C19H17N3O7. The maximum atomic E-state index is 12.5. The number of phenols is 2. The van der Waals surface area contributed by atoms with E-state index in [0.717, 1.165) is 17.0 Å². The minimum Gasteiger partial charge on any atom is -0.506 e. The van der Waals surface area contributed by atoms with Crippen molar-refractivity contribution >= 4 is 17.4 Å². The van der Waals surface area contributed by atoms with E-state index in [1.807, 2.05) is 6.07 Å². The van der Waals surface area contributed by atoms with Crippen LogP contribution in [0.1, 0.15) is 5.56 Å². The third-order valence-corrected chi connectivity index (χ3v) is 3.89. The largest absolute Gasteiger partial charge is 0.506 e. The molecule has 0 bridgehead atoms. The normalized spacial score (nSPS) is 11.2. The average molecular weight is 399 g/mol. The molecule has 0 aliphatic rings. The van der Waals surface area contributed by atoms with Crippen molar-refractivity contribution in [3.8, 4) is 23.3 Å². The number of nitrogens with zero attached hydrogens (tertiary/aromatic N) is 3. The molecule has 0 aliphatic carbocycles. The number of phenolic OH excluding ortho intramolecular Hbond substituents is 2. The van der Waals surface area contributed by atoms with E-state index < -0.39 is 39.3 Å². The predicted molar refractivity (Wildman–Crippen MR) is 101 cm³/mol. The highest BCUT2D eigenvalue weighted by atomic mass is 16.6. The number of benzene rings is 2. The number of aromatic hydroxyl groups is 2. The second-order valence-corrected chi connectivity index (χ2v) is 5.84. The van der Waals surface area contributed by atoms with Crippen molar-refractivity contribution in [1.29, 1.82) is 5.26 Å². The number of amides is 1. The molecule has 0 radical (unpaired) electrons. The number of para-hydroxylation sites is 1. The van der Waals surface area contributed by atoms with Crippen LogP contribution in [0.2, 0.25) is 0 Å². The SMILES string of the molecule is CN(CCOc1ccccc1)C(=O)/C(C#N)=C(\O)c1cc(O)c(O)c([N+](=O)[O-])c1. The molecule has 10 nitrogen and oxygen atoms in total. The van der Waals surface area contributed by atoms with E-state index in [0.29, 0.717) is 5.75 Å². The number of hydrogen-bond acceptors (Lipinski definition) is 8. The maximum absolute atomic E-state index is 12.5. The zero-order valence-electron chi connectivity index (χ0n) is 15.3. The molecule has 3 N–H and O–H groups in total. The van der Waals surface area contributed by atoms with Crippen LogP contribution in [-0.4, -0.2) is 51.2 Å². The van der Waals surface area contributed by atoms with Crippen LogP contribution in [0.5, 0.6) is 17.2 Å². The van der Waals surface area contributed by atoms with Gasteiger partial charge >= 0.3 is 5.69 Å². The number of nitriles is 1. The first-order valence-corrected chi connectivity index (χ1v) is 8.23. The number of hydrogen-bond donors (Lipinski definition) is 3. The molecule has 1 amide bonds. The Bertz CT molecular complexity index is 997. The number of nitro benzene ring substituents is 1. The topological polar surface area (TPSA) is 157 Å². The Labute approximate surface area is 165 Å². The summed E-state index contributed by atoms with van der Waals surface area (Å²) >= 11 is 0. The Kier molecular flexibility index (Phi) is 6.60. The zero-order chi connectivity index (χ0) is 21.6. The van der Waals surface area contributed by atoms with Crippen molar-refractivity contribution in [2.45, 2.75) is 0 Å². The molecule has 0 unspecified atom stereocenters. The van der Waals surface area contributed by atoms with Gasteiger partial charge in [0.15, 0.2) is 11.3 Å². The number of ether oxygens (including phenoxy) is 1. The summed E-state index contributed by atoms with van der Waals surface area (Å²) < 4.78 is 5.47. The first-order valence-electron chi connectivity index (χ1n) is 8.23. The molecule has 29 heavy (non-hydrogen) atoms. The van der Waals surface area contributed by atoms with Crippen molar-refractivity contribution in [2.24, 2.45) is 0 Å². The molecule has 0 saturated carbocycles. The summed E-state index contributed by atoms with van der Waals surface area (Å²) in [6.07, 6.45) is 0. The molecule has 0 spiro atoms. The maximum Gasteiger partial charge on any atom is 0.315 e. The number of likely N-dealkylation sites (N-methyl/N-ethyl adjacent to an activating group) is 1. The highest BCUT2D eigenvalue weighted by Gasteiger charge is 2.25. The van der Waals surface area contributed by atoms with Crippen LogP contribution in [0, 0.1) is 21.4 Å². The first kappa shape index (κ1) is 21.0. The minimum absolute atomic E-state index is 0.0904. The number of aliphatic hydroxyl groups is 1. The summed E-state index contributed by atoms with van der Waals surface area (Å²) in [6, 6.07) is 12.0. The van der Waals surface area contributed by atoms with Gasteiger partial charge in [-0.2, -0.15) is 5.26 Å². The molecule has 2 aromatic carbocycles. The third-order valence-electron chi connectivity index (χ3n) is 3.89. The van der Waals surface area contributed by atoms with Gasteiger partial charge in [0, 0.05) is 18.7 Å². The Balaban J connectivity index is 2.21. The van der Waals surface area contributed by atoms with Crippen LogP contribution in [0.25, 0.3) is 5.76 Å². The van der Waals surface area contributed by atoms with Gasteiger partial charge in [-0.15, -0.1) is 0 Å². The van der Waals surface area contributed by atoms with E-state index in [4.69, 9.17) is 4.74 Å². The molecule has 0 aromatic heterocycles. The van der Waals surface area contributed by atoms with E-state index in [9.17, 15) is 35.5 Å². The minimum atomic E-state index is -0.994. The molecule has 0 atom stereocenters. The van der Waals surface area contributed by atoms with Gasteiger partial charge in [0.05, 0.1) is 11.5 Å². The van der Waals surface area contributed by atoms with Crippen LogP contribution < -0.4 is 4.74 Å². The standard InChI is InChI=1S/C19H17N3O7/c1-21(7-8-29-13-5-3-2-4-6-13)19(26)14(11-20)17(24)12-9-15(22(27)28)18(25)16(23)10-12/h2-6,9-10,23-25H,7-8H2,1H3/b17-14-. The van der Waals surface area contributed by atoms with Crippen LogP contribution in [0.15, 0.2) is 48.0 Å². The summed E-state index contributed by atoms with van der Waals surface area (Å²) in [5.74, 6) is -3.00. The fraction of sp³-hybridized carbons (Fsp3) is 0.158. The Hall–Kier alpha value is -4.26. The van der Waals surface area contributed by atoms with Crippen LogP contribution in [0.3, 0.4) is 0 Å². The van der Waals surface area contributed by atoms with Gasteiger partial charge < -0.3 is 25.0 Å². The molecule has 0 fully saturated rings. The van der Waals surface area contributed by atoms with Crippen molar-refractivity contribution in [2.75, 3.05) is 20.2 Å². The Morgan fingerprint density at radius 2 is 1.93 bits per heavy atom. The molecule has 150 valence electrons. The number of carbonyl (C=O) groups is 1. The lowest BCUT2D eigenvalue weighted by atomic mass is 10.1. The fourth-order valence-electron chi connectivity index (χ4n) is 2.34. The quantitative estimate of drug-likeness (QED) is 0.160. The summed E-state index contributed by atoms with van der Waals surface area (Å²) in [4.78, 5) is 23.6. The molecule has 0 heterocycles. The van der Waals surface area contributed by atoms with E-state index in [-0.39, 0.29) is 18.7 Å². The summed E-state index contributed by atoms with van der Waals surface area (Å²) in [5, 5.41) is 49.7. The van der Waals surface area contributed by atoms with Gasteiger partial charge in [-0.1, -0.05) is 18.2 Å². The van der Waals surface area contributed by atoms with Crippen molar-refractivity contribution in [3.63, 3.8) is 0 Å².